The quantitative estimate of drug-likeness (QED) is 0.491. The number of hydrogen-bond acceptors (Lipinski definition) is 1. The monoisotopic (exact) mass is 300 g/mol. The molecule has 0 saturated heterocycles. The molecule has 0 fully saturated rings. The van der Waals surface area contributed by atoms with Gasteiger partial charge in [-0.1, -0.05) is 31.6 Å². The van der Waals surface area contributed by atoms with E-state index in [-0.39, 0.29) is 6.42 Å². The fourth-order valence-electron chi connectivity index (χ4n) is 1.74. The van der Waals surface area contributed by atoms with Gasteiger partial charge in [-0.15, -0.1) is 23.7 Å². The predicted molar refractivity (Wildman–Crippen MR) is 92.0 cm³/mol. The summed E-state index contributed by atoms with van der Waals surface area (Å²) in [6.07, 6.45) is 11.0. The molecule has 0 saturated carbocycles. The van der Waals surface area contributed by atoms with Crippen LogP contribution >= 0.6 is 0 Å². The van der Waals surface area contributed by atoms with E-state index >= 15 is 0 Å². The van der Waals surface area contributed by atoms with Gasteiger partial charge in [0.05, 0.1) is 6.42 Å². The van der Waals surface area contributed by atoms with Gasteiger partial charge in [-0.05, 0) is 25.7 Å². The fraction of sp³-hybridized carbons (Fsp3) is 0.650. The largest absolute Gasteiger partial charge is 0.481 e. The summed E-state index contributed by atoms with van der Waals surface area (Å²) in [4.78, 5) is 10.3. The fourth-order valence-corrected chi connectivity index (χ4v) is 1.74. The summed E-state index contributed by atoms with van der Waals surface area (Å²) in [5.41, 5.74) is 0. The first-order chi connectivity index (χ1) is 10.8. The van der Waals surface area contributed by atoms with Crippen molar-refractivity contribution < 1.29 is 9.90 Å². The molecule has 0 radical (unpaired) electrons. The van der Waals surface area contributed by atoms with E-state index < -0.39 is 5.97 Å². The second-order valence-corrected chi connectivity index (χ2v) is 5.15. The molecule has 0 atom stereocenters. The Morgan fingerprint density at radius 3 is 1.68 bits per heavy atom. The van der Waals surface area contributed by atoms with Crippen LogP contribution in [0.2, 0.25) is 0 Å². The first kappa shape index (κ1) is 20.1. The molecule has 0 heterocycles. The summed E-state index contributed by atoms with van der Waals surface area (Å²) in [5.74, 6) is 17.7. The van der Waals surface area contributed by atoms with Crippen LogP contribution in [-0.4, -0.2) is 11.1 Å². The van der Waals surface area contributed by atoms with Crippen molar-refractivity contribution in [3.63, 3.8) is 0 Å². The third-order valence-electron chi connectivity index (χ3n) is 3.00. The first-order valence-corrected chi connectivity index (χ1v) is 8.36. The summed E-state index contributed by atoms with van der Waals surface area (Å²) >= 11 is 0. The molecule has 0 aromatic rings. The molecule has 2 heteroatoms. The van der Waals surface area contributed by atoms with Crippen LogP contribution in [0.15, 0.2) is 0 Å². The maximum absolute atomic E-state index is 10.3. The summed E-state index contributed by atoms with van der Waals surface area (Å²) in [5, 5.41) is 8.46. The van der Waals surface area contributed by atoms with Crippen LogP contribution in [-0.2, 0) is 4.79 Å². The van der Waals surface area contributed by atoms with Crippen molar-refractivity contribution in [2.45, 2.75) is 84.0 Å². The Labute approximate surface area is 136 Å². The number of rotatable bonds is 9. The Bertz CT molecular complexity index is 457. The number of hydrogen-bond donors (Lipinski definition) is 1. The standard InChI is InChI=1S/C20H28O2/c1-2-3-4-5-6-7-8-9-10-11-12-13-14-15-16-17-18-19-20(21)22/h2-5,8-11,14,17-19H2,1H3,(H,21,22). The van der Waals surface area contributed by atoms with E-state index in [0.29, 0.717) is 19.3 Å². The van der Waals surface area contributed by atoms with E-state index in [1.807, 2.05) is 0 Å². The molecule has 0 aromatic heterocycles. The predicted octanol–water partition coefficient (Wildman–Crippen LogP) is 4.78. The molecule has 0 aliphatic rings. The normalized spacial score (nSPS) is 8.77. The third kappa shape index (κ3) is 18.1. The molecule has 120 valence electrons. The van der Waals surface area contributed by atoms with Gasteiger partial charge in [-0.25, -0.2) is 0 Å². The van der Waals surface area contributed by atoms with E-state index in [1.165, 1.54) is 19.3 Å². The van der Waals surface area contributed by atoms with Crippen LogP contribution in [0.25, 0.3) is 0 Å². The summed E-state index contributed by atoms with van der Waals surface area (Å²) in [7, 11) is 0. The van der Waals surface area contributed by atoms with Gasteiger partial charge in [-0.3, -0.25) is 4.79 Å². The number of carbonyl (C=O) groups is 1. The van der Waals surface area contributed by atoms with Crippen LogP contribution < -0.4 is 0 Å². The highest BCUT2D eigenvalue weighted by atomic mass is 16.4. The molecule has 2 nitrogen and oxygen atoms in total. The Balaban J connectivity index is 3.38. The molecular formula is C20H28O2. The zero-order chi connectivity index (χ0) is 16.3. The molecule has 0 amide bonds. The first-order valence-electron chi connectivity index (χ1n) is 8.36. The molecule has 1 N–H and O–H groups in total. The zero-order valence-electron chi connectivity index (χ0n) is 13.8. The van der Waals surface area contributed by atoms with Gasteiger partial charge in [0, 0.05) is 32.1 Å². The van der Waals surface area contributed by atoms with E-state index in [0.717, 1.165) is 32.1 Å². The number of unbranched alkanes of at least 4 members (excludes halogenated alkanes) is 7. The Morgan fingerprint density at radius 2 is 1.18 bits per heavy atom. The van der Waals surface area contributed by atoms with Crippen molar-refractivity contribution in [2.24, 2.45) is 0 Å². The van der Waals surface area contributed by atoms with Crippen molar-refractivity contribution in [3.05, 3.63) is 0 Å². The van der Waals surface area contributed by atoms with Crippen molar-refractivity contribution in [3.8, 4) is 35.5 Å². The average Bonchev–Trinajstić information content (AvgIpc) is 2.50. The molecule has 22 heavy (non-hydrogen) atoms. The van der Waals surface area contributed by atoms with Gasteiger partial charge in [0.25, 0.3) is 0 Å². The lowest BCUT2D eigenvalue weighted by Crippen LogP contribution is -1.92. The van der Waals surface area contributed by atoms with E-state index in [1.54, 1.807) is 0 Å². The Morgan fingerprint density at radius 1 is 0.727 bits per heavy atom. The minimum Gasteiger partial charge on any atom is -0.481 e. The lowest BCUT2D eigenvalue weighted by molar-refractivity contribution is -0.137. The Kier molecular flexibility index (Phi) is 15.8. The van der Waals surface area contributed by atoms with Gasteiger partial charge < -0.3 is 5.11 Å². The summed E-state index contributed by atoms with van der Waals surface area (Å²) < 4.78 is 0. The van der Waals surface area contributed by atoms with Crippen LogP contribution in [0, 0.1) is 35.5 Å². The summed E-state index contributed by atoms with van der Waals surface area (Å²) in [6, 6.07) is 0. The van der Waals surface area contributed by atoms with Crippen LogP contribution in [0.1, 0.15) is 84.0 Å². The molecule has 0 rings (SSSR count). The highest BCUT2D eigenvalue weighted by Gasteiger charge is 1.92. The maximum atomic E-state index is 10.3. The number of carboxylic acid groups (broad SMARTS) is 1. The highest BCUT2D eigenvalue weighted by molar-refractivity contribution is 5.66. The number of carboxylic acids is 1. The van der Waals surface area contributed by atoms with Gasteiger partial charge in [0.15, 0.2) is 0 Å². The van der Waals surface area contributed by atoms with Gasteiger partial charge >= 0.3 is 5.97 Å². The molecule has 0 aliphatic carbocycles. The lowest BCUT2D eigenvalue weighted by atomic mass is 10.1. The van der Waals surface area contributed by atoms with Gasteiger partial charge in [0.2, 0.25) is 0 Å². The smallest absolute Gasteiger partial charge is 0.303 e. The highest BCUT2D eigenvalue weighted by Crippen LogP contribution is 1.99. The number of aliphatic carboxylic acids is 1. The topological polar surface area (TPSA) is 37.3 Å². The van der Waals surface area contributed by atoms with E-state index in [2.05, 4.69) is 42.4 Å². The van der Waals surface area contributed by atoms with E-state index in [4.69, 9.17) is 5.11 Å². The second-order valence-electron chi connectivity index (χ2n) is 5.15. The SMILES string of the molecule is CCCCCC#CCCCCC#CCC#CCCCC(=O)O. The molecule has 0 unspecified atom stereocenters. The Hall–Kier alpha value is -1.85. The van der Waals surface area contributed by atoms with Crippen LogP contribution in [0.5, 0.6) is 0 Å². The van der Waals surface area contributed by atoms with Gasteiger partial charge in [-0.2, -0.15) is 0 Å². The molecule has 0 aliphatic heterocycles. The second kappa shape index (κ2) is 17.2. The van der Waals surface area contributed by atoms with Crippen LogP contribution in [0.3, 0.4) is 0 Å². The average molecular weight is 300 g/mol. The summed E-state index contributed by atoms with van der Waals surface area (Å²) in [6.45, 7) is 2.21. The van der Waals surface area contributed by atoms with Crippen molar-refractivity contribution in [2.75, 3.05) is 0 Å². The van der Waals surface area contributed by atoms with Crippen molar-refractivity contribution in [1.29, 1.82) is 0 Å². The molecular weight excluding hydrogens is 272 g/mol. The minimum atomic E-state index is -0.757. The zero-order valence-corrected chi connectivity index (χ0v) is 13.8. The lowest BCUT2D eigenvalue weighted by Gasteiger charge is -1.90. The maximum Gasteiger partial charge on any atom is 0.303 e. The van der Waals surface area contributed by atoms with Crippen molar-refractivity contribution >= 4 is 5.97 Å². The third-order valence-corrected chi connectivity index (χ3v) is 3.00. The molecule has 0 aromatic carbocycles. The van der Waals surface area contributed by atoms with Crippen molar-refractivity contribution in [1.82, 2.24) is 0 Å². The molecule has 0 bridgehead atoms. The van der Waals surface area contributed by atoms with Gasteiger partial charge in [0.1, 0.15) is 0 Å². The van der Waals surface area contributed by atoms with Crippen LogP contribution in [0.4, 0.5) is 0 Å². The minimum absolute atomic E-state index is 0.196. The van der Waals surface area contributed by atoms with E-state index in [9.17, 15) is 4.79 Å². The molecule has 0 spiro atoms.